The molecule has 0 fully saturated rings. The van der Waals surface area contributed by atoms with Crippen molar-refractivity contribution in [3.63, 3.8) is 0 Å². The average molecular weight is 368 g/mol. The summed E-state index contributed by atoms with van der Waals surface area (Å²) in [6, 6.07) is 12.3. The quantitative estimate of drug-likeness (QED) is 0.774. The van der Waals surface area contributed by atoms with E-state index in [9.17, 15) is 4.79 Å². The van der Waals surface area contributed by atoms with Crippen molar-refractivity contribution in [3.8, 4) is 11.5 Å². The highest BCUT2D eigenvalue weighted by Crippen LogP contribution is 2.27. The number of benzene rings is 2. The van der Waals surface area contributed by atoms with E-state index in [2.05, 4.69) is 5.32 Å². The summed E-state index contributed by atoms with van der Waals surface area (Å²) < 4.78 is 10.8. The number of hydrogen-bond acceptors (Lipinski definition) is 3. The van der Waals surface area contributed by atoms with Gasteiger partial charge in [0.15, 0.2) is 6.61 Å². The first-order chi connectivity index (χ1) is 11.5. The highest BCUT2D eigenvalue weighted by Gasteiger charge is 2.11. The summed E-state index contributed by atoms with van der Waals surface area (Å²) in [5.41, 5.74) is 0.983. The lowest BCUT2D eigenvalue weighted by molar-refractivity contribution is -0.123. The largest absolute Gasteiger partial charge is 0.494 e. The summed E-state index contributed by atoms with van der Waals surface area (Å²) in [5.74, 6) is 0.993. The van der Waals surface area contributed by atoms with Crippen LogP contribution >= 0.6 is 23.2 Å². The Bertz CT molecular complexity index is 689. The Morgan fingerprint density at radius 2 is 1.83 bits per heavy atom. The molecule has 128 valence electrons. The summed E-state index contributed by atoms with van der Waals surface area (Å²) in [6.07, 6.45) is 0. The molecule has 2 rings (SSSR count). The summed E-state index contributed by atoms with van der Waals surface area (Å²) in [4.78, 5) is 12.0. The second kappa shape index (κ2) is 8.81. The number of carbonyl (C=O) groups is 1. The van der Waals surface area contributed by atoms with E-state index in [4.69, 9.17) is 32.7 Å². The van der Waals surface area contributed by atoms with Crippen LogP contribution < -0.4 is 14.8 Å². The van der Waals surface area contributed by atoms with Gasteiger partial charge in [-0.25, -0.2) is 0 Å². The molecule has 2 aromatic carbocycles. The zero-order chi connectivity index (χ0) is 17.5. The van der Waals surface area contributed by atoms with Crippen molar-refractivity contribution in [2.75, 3.05) is 13.2 Å². The molecule has 0 aromatic heterocycles. The molecule has 0 aliphatic rings. The van der Waals surface area contributed by atoms with Crippen molar-refractivity contribution in [1.82, 2.24) is 5.32 Å². The minimum atomic E-state index is -0.234. The van der Waals surface area contributed by atoms with Crippen LogP contribution in [0.15, 0.2) is 42.5 Å². The van der Waals surface area contributed by atoms with E-state index in [-0.39, 0.29) is 18.6 Å². The third-order valence-corrected chi connectivity index (χ3v) is 3.85. The molecule has 0 saturated heterocycles. The number of ether oxygens (including phenoxy) is 2. The van der Waals surface area contributed by atoms with E-state index >= 15 is 0 Å². The Balaban J connectivity index is 1.87. The molecule has 0 heterocycles. The molecule has 6 heteroatoms. The predicted octanol–water partition coefficient (Wildman–Crippen LogP) is 4.65. The van der Waals surface area contributed by atoms with E-state index in [1.54, 1.807) is 18.2 Å². The number of hydrogen-bond donors (Lipinski definition) is 1. The van der Waals surface area contributed by atoms with Crippen LogP contribution in [0.25, 0.3) is 0 Å². The van der Waals surface area contributed by atoms with Crippen LogP contribution in [0, 0.1) is 0 Å². The Morgan fingerprint density at radius 1 is 1.12 bits per heavy atom. The zero-order valence-electron chi connectivity index (χ0n) is 13.5. The molecule has 0 aliphatic heterocycles. The number of halogens is 2. The first kappa shape index (κ1) is 18.4. The SMILES string of the molecule is CCOc1ccc([C@@H](C)NC(=O)COc2ccc(Cl)cc2Cl)cc1. The lowest BCUT2D eigenvalue weighted by atomic mass is 10.1. The average Bonchev–Trinajstić information content (AvgIpc) is 2.55. The van der Waals surface area contributed by atoms with Crippen LogP contribution in [-0.2, 0) is 4.79 Å². The second-order valence-corrected chi connectivity index (χ2v) is 6.00. The van der Waals surface area contributed by atoms with Gasteiger partial charge in [0.05, 0.1) is 17.7 Å². The van der Waals surface area contributed by atoms with E-state index in [1.165, 1.54) is 0 Å². The Labute approximate surface area is 151 Å². The molecule has 0 bridgehead atoms. The van der Waals surface area contributed by atoms with Crippen LogP contribution in [0.1, 0.15) is 25.5 Å². The normalized spacial score (nSPS) is 11.7. The number of rotatable bonds is 7. The molecule has 0 spiro atoms. The summed E-state index contributed by atoms with van der Waals surface area (Å²) in [5, 5.41) is 3.76. The molecule has 0 saturated carbocycles. The smallest absolute Gasteiger partial charge is 0.258 e. The highest BCUT2D eigenvalue weighted by atomic mass is 35.5. The van der Waals surface area contributed by atoms with Gasteiger partial charge < -0.3 is 14.8 Å². The van der Waals surface area contributed by atoms with Gasteiger partial charge in [0.25, 0.3) is 5.91 Å². The van der Waals surface area contributed by atoms with Gasteiger partial charge in [0.2, 0.25) is 0 Å². The minimum absolute atomic E-state index is 0.122. The number of carbonyl (C=O) groups excluding carboxylic acids is 1. The van der Waals surface area contributed by atoms with Gasteiger partial charge in [-0.05, 0) is 49.7 Å². The first-order valence-electron chi connectivity index (χ1n) is 7.59. The van der Waals surface area contributed by atoms with Crippen LogP contribution in [-0.4, -0.2) is 19.1 Å². The van der Waals surface area contributed by atoms with Crippen molar-refractivity contribution >= 4 is 29.1 Å². The molecule has 1 atom stereocenters. The fraction of sp³-hybridized carbons (Fsp3) is 0.278. The Kier molecular flexibility index (Phi) is 6.76. The molecule has 1 amide bonds. The van der Waals surface area contributed by atoms with Crippen molar-refractivity contribution < 1.29 is 14.3 Å². The Hall–Kier alpha value is -1.91. The van der Waals surface area contributed by atoms with Crippen LogP contribution in [0.4, 0.5) is 0 Å². The molecule has 4 nitrogen and oxygen atoms in total. The monoisotopic (exact) mass is 367 g/mol. The van der Waals surface area contributed by atoms with Gasteiger partial charge in [-0.1, -0.05) is 35.3 Å². The van der Waals surface area contributed by atoms with Gasteiger partial charge in [-0.2, -0.15) is 0 Å². The molecule has 2 aromatic rings. The fourth-order valence-electron chi connectivity index (χ4n) is 2.12. The van der Waals surface area contributed by atoms with Gasteiger partial charge in [0, 0.05) is 5.02 Å². The lowest BCUT2D eigenvalue weighted by Gasteiger charge is -2.15. The van der Waals surface area contributed by atoms with Crippen molar-refractivity contribution in [2.45, 2.75) is 19.9 Å². The van der Waals surface area contributed by atoms with Gasteiger partial charge >= 0.3 is 0 Å². The Morgan fingerprint density at radius 3 is 2.46 bits per heavy atom. The van der Waals surface area contributed by atoms with Crippen LogP contribution in [0.5, 0.6) is 11.5 Å². The van der Waals surface area contributed by atoms with Crippen molar-refractivity contribution in [1.29, 1.82) is 0 Å². The molecule has 0 radical (unpaired) electrons. The van der Waals surface area contributed by atoms with E-state index in [0.29, 0.717) is 22.4 Å². The van der Waals surface area contributed by atoms with Crippen LogP contribution in [0.2, 0.25) is 10.0 Å². The molecule has 0 unspecified atom stereocenters. The number of nitrogens with one attached hydrogen (secondary N) is 1. The molecular weight excluding hydrogens is 349 g/mol. The predicted molar refractivity (Wildman–Crippen MR) is 96.1 cm³/mol. The van der Waals surface area contributed by atoms with Gasteiger partial charge in [0.1, 0.15) is 11.5 Å². The molecule has 24 heavy (non-hydrogen) atoms. The standard InChI is InChI=1S/C18H19Cl2NO3/c1-3-23-15-7-4-13(5-8-15)12(2)21-18(22)11-24-17-9-6-14(19)10-16(17)20/h4-10,12H,3,11H2,1-2H3,(H,21,22)/t12-/m1/s1. The van der Waals surface area contributed by atoms with E-state index < -0.39 is 0 Å². The van der Waals surface area contributed by atoms with Crippen molar-refractivity contribution in [3.05, 3.63) is 58.1 Å². The highest BCUT2D eigenvalue weighted by molar-refractivity contribution is 6.35. The lowest BCUT2D eigenvalue weighted by Crippen LogP contribution is -2.31. The van der Waals surface area contributed by atoms with Gasteiger partial charge in [-0.15, -0.1) is 0 Å². The van der Waals surface area contributed by atoms with E-state index in [1.807, 2.05) is 38.1 Å². The second-order valence-electron chi connectivity index (χ2n) is 5.15. The van der Waals surface area contributed by atoms with E-state index in [0.717, 1.165) is 11.3 Å². The maximum absolute atomic E-state index is 12.0. The summed E-state index contributed by atoms with van der Waals surface area (Å²) >= 11 is 11.8. The number of amides is 1. The molecule has 0 aliphatic carbocycles. The third kappa shape index (κ3) is 5.32. The maximum Gasteiger partial charge on any atom is 0.258 e. The van der Waals surface area contributed by atoms with Crippen molar-refractivity contribution in [2.24, 2.45) is 0 Å². The summed E-state index contributed by atoms with van der Waals surface area (Å²) in [6.45, 7) is 4.34. The molecular formula is C18H19Cl2NO3. The van der Waals surface area contributed by atoms with Crippen LogP contribution in [0.3, 0.4) is 0 Å². The molecule has 1 N–H and O–H groups in total. The fourth-order valence-corrected chi connectivity index (χ4v) is 2.58. The first-order valence-corrected chi connectivity index (χ1v) is 8.35. The zero-order valence-corrected chi connectivity index (χ0v) is 15.0. The van der Waals surface area contributed by atoms with Gasteiger partial charge in [-0.3, -0.25) is 4.79 Å². The minimum Gasteiger partial charge on any atom is -0.494 e. The third-order valence-electron chi connectivity index (χ3n) is 3.32. The maximum atomic E-state index is 12.0. The topological polar surface area (TPSA) is 47.6 Å². The summed E-state index contributed by atoms with van der Waals surface area (Å²) in [7, 11) is 0.